The SMILES string of the molecule is COc1ccc(C(C)NC(=O)Cn2c(C)cc(-c3csc(C)n3)c2C)cc1F. The zero-order chi connectivity index (χ0) is 20.4. The van der Waals surface area contributed by atoms with E-state index in [2.05, 4.69) is 16.4 Å². The first kappa shape index (κ1) is 20.1. The first-order valence-corrected chi connectivity index (χ1v) is 9.90. The summed E-state index contributed by atoms with van der Waals surface area (Å²) >= 11 is 1.61. The summed E-state index contributed by atoms with van der Waals surface area (Å²) in [7, 11) is 1.42. The van der Waals surface area contributed by atoms with E-state index in [-0.39, 0.29) is 24.2 Å². The molecule has 1 amide bonds. The van der Waals surface area contributed by atoms with E-state index in [1.807, 2.05) is 37.6 Å². The summed E-state index contributed by atoms with van der Waals surface area (Å²) in [5, 5.41) is 5.98. The van der Waals surface area contributed by atoms with Gasteiger partial charge in [-0.1, -0.05) is 6.07 Å². The third-order valence-corrected chi connectivity index (χ3v) is 5.60. The van der Waals surface area contributed by atoms with Crippen LogP contribution in [-0.4, -0.2) is 22.6 Å². The number of hydrogen-bond donors (Lipinski definition) is 1. The summed E-state index contributed by atoms with van der Waals surface area (Å²) in [6.07, 6.45) is 0. The minimum Gasteiger partial charge on any atom is -0.494 e. The number of benzene rings is 1. The summed E-state index contributed by atoms with van der Waals surface area (Å²) in [6.45, 7) is 7.98. The van der Waals surface area contributed by atoms with Crippen molar-refractivity contribution in [3.8, 4) is 17.0 Å². The zero-order valence-corrected chi connectivity index (χ0v) is 17.5. The maximum absolute atomic E-state index is 13.9. The Balaban J connectivity index is 1.73. The van der Waals surface area contributed by atoms with Gasteiger partial charge in [-0.25, -0.2) is 9.37 Å². The molecule has 1 unspecified atom stereocenters. The third-order valence-electron chi connectivity index (χ3n) is 4.82. The van der Waals surface area contributed by atoms with Crippen LogP contribution in [0.15, 0.2) is 29.6 Å². The molecule has 3 rings (SSSR count). The normalized spacial score (nSPS) is 12.1. The van der Waals surface area contributed by atoms with Crippen LogP contribution in [0.25, 0.3) is 11.3 Å². The average molecular weight is 402 g/mol. The molecular formula is C21H24FN3O2S. The maximum Gasteiger partial charge on any atom is 0.240 e. The van der Waals surface area contributed by atoms with Gasteiger partial charge in [-0.05, 0) is 51.5 Å². The first-order valence-electron chi connectivity index (χ1n) is 9.02. The van der Waals surface area contributed by atoms with Crippen molar-refractivity contribution < 1.29 is 13.9 Å². The Hall–Kier alpha value is -2.67. The van der Waals surface area contributed by atoms with Crippen LogP contribution in [0.3, 0.4) is 0 Å². The molecule has 0 saturated heterocycles. The minimum absolute atomic E-state index is 0.133. The molecule has 1 N–H and O–H groups in total. The largest absolute Gasteiger partial charge is 0.494 e. The maximum atomic E-state index is 13.9. The molecule has 2 heterocycles. The smallest absolute Gasteiger partial charge is 0.240 e. The van der Waals surface area contributed by atoms with Crippen molar-refractivity contribution in [1.29, 1.82) is 0 Å². The van der Waals surface area contributed by atoms with E-state index in [4.69, 9.17) is 4.74 Å². The number of carbonyl (C=O) groups is 1. The van der Waals surface area contributed by atoms with E-state index in [1.54, 1.807) is 23.5 Å². The van der Waals surface area contributed by atoms with E-state index in [0.717, 1.165) is 27.7 Å². The predicted octanol–water partition coefficient (Wildman–Crippen LogP) is 4.56. The van der Waals surface area contributed by atoms with E-state index in [1.165, 1.54) is 13.2 Å². The van der Waals surface area contributed by atoms with Crippen LogP contribution >= 0.6 is 11.3 Å². The predicted molar refractivity (Wildman–Crippen MR) is 109 cm³/mol. The second-order valence-electron chi connectivity index (χ2n) is 6.81. The van der Waals surface area contributed by atoms with Gasteiger partial charge in [-0.2, -0.15) is 0 Å². The van der Waals surface area contributed by atoms with Crippen molar-refractivity contribution in [2.75, 3.05) is 7.11 Å². The summed E-state index contributed by atoms with van der Waals surface area (Å²) in [5.74, 6) is -0.390. The number of hydrogen-bond acceptors (Lipinski definition) is 4. The fourth-order valence-corrected chi connectivity index (χ4v) is 3.87. The molecule has 0 saturated carbocycles. The Morgan fingerprint density at radius 1 is 1.32 bits per heavy atom. The van der Waals surface area contributed by atoms with Crippen molar-refractivity contribution in [2.45, 2.75) is 40.3 Å². The number of nitrogens with one attached hydrogen (secondary N) is 1. The number of aryl methyl sites for hydroxylation is 2. The number of methoxy groups -OCH3 is 1. The van der Waals surface area contributed by atoms with Crippen molar-refractivity contribution in [1.82, 2.24) is 14.9 Å². The van der Waals surface area contributed by atoms with Crippen LogP contribution in [0.5, 0.6) is 5.75 Å². The van der Waals surface area contributed by atoms with Gasteiger partial charge in [0.15, 0.2) is 11.6 Å². The molecule has 1 atom stereocenters. The van der Waals surface area contributed by atoms with Crippen molar-refractivity contribution in [3.05, 3.63) is 57.4 Å². The fourth-order valence-electron chi connectivity index (χ4n) is 3.26. The summed E-state index contributed by atoms with van der Waals surface area (Å²) in [4.78, 5) is 17.1. The highest BCUT2D eigenvalue weighted by Gasteiger charge is 2.17. The zero-order valence-electron chi connectivity index (χ0n) is 16.7. The molecule has 2 aromatic heterocycles. The van der Waals surface area contributed by atoms with Gasteiger partial charge in [0.1, 0.15) is 6.54 Å². The lowest BCUT2D eigenvalue weighted by molar-refractivity contribution is -0.122. The van der Waals surface area contributed by atoms with Crippen molar-refractivity contribution in [2.24, 2.45) is 0 Å². The summed E-state index contributed by atoms with van der Waals surface area (Å²) in [6, 6.07) is 6.44. The van der Waals surface area contributed by atoms with E-state index < -0.39 is 5.82 Å². The van der Waals surface area contributed by atoms with Crippen LogP contribution in [-0.2, 0) is 11.3 Å². The van der Waals surface area contributed by atoms with Gasteiger partial charge in [-0.3, -0.25) is 4.79 Å². The second kappa shape index (κ2) is 8.14. The van der Waals surface area contributed by atoms with Gasteiger partial charge in [0.05, 0.1) is 23.9 Å². The number of nitrogens with zero attached hydrogens (tertiary/aromatic N) is 2. The lowest BCUT2D eigenvalue weighted by Gasteiger charge is -2.17. The van der Waals surface area contributed by atoms with Crippen molar-refractivity contribution >= 4 is 17.2 Å². The molecule has 28 heavy (non-hydrogen) atoms. The number of halogens is 1. The van der Waals surface area contributed by atoms with Crippen LogP contribution in [0.4, 0.5) is 4.39 Å². The van der Waals surface area contributed by atoms with Crippen LogP contribution < -0.4 is 10.1 Å². The van der Waals surface area contributed by atoms with Crippen molar-refractivity contribution in [3.63, 3.8) is 0 Å². The first-order chi connectivity index (χ1) is 13.3. The Morgan fingerprint density at radius 2 is 2.07 bits per heavy atom. The standard InChI is InChI=1S/C21H24FN3O2S/c1-12-8-17(19-11-28-15(4)24-19)14(3)25(12)10-21(26)23-13(2)16-6-7-20(27-5)18(22)9-16/h6-9,11,13H,10H2,1-5H3,(H,23,26). The number of thiazole rings is 1. The monoisotopic (exact) mass is 401 g/mol. The summed E-state index contributed by atoms with van der Waals surface area (Å²) in [5.41, 5.74) is 4.66. The topological polar surface area (TPSA) is 56.1 Å². The number of rotatable bonds is 6. The lowest BCUT2D eigenvalue weighted by atomic mass is 10.1. The minimum atomic E-state index is -0.443. The van der Waals surface area contributed by atoms with Gasteiger partial charge < -0.3 is 14.6 Å². The van der Waals surface area contributed by atoms with Gasteiger partial charge in [0, 0.05) is 22.3 Å². The quantitative estimate of drug-likeness (QED) is 0.659. The highest BCUT2D eigenvalue weighted by atomic mass is 32.1. The molecule has 0 spiro atoms. The molecule has 3 aromatic rings. The van der Waals surface area contributed by atoms with Gasteiger partial charge in [-0.15, -0.1) is 11.3 Å². The molecule has 0 bridgehead atoms. The molecule has 0 aliphatic heterocycles. The van der Waals surface area contributed by atoms with Crippen LogP contribution in [0.2, 0.25) is 0 Å². The number of amides is 1. The molecule has 0 aliphatic rings. The Morgan fingerprint density at radius 3 is 2.68 bits per heavy atom. The van der Waals surface area contributed by atoms with Gasteiger partial charge >= 0.3 is 0 Å². The molecule has 0 aliphatic carbocycles. The number of carbonyl (C=O) groups excluding carboxylic acids is 1. The molecule has 7 heteroatoms. The molecule has 148 valence electrons. The fraction of sp³-hybridized carbons (Fsp3) is 0.333. The number of aromatic nitrogens is 2. The number of ether oxygens (including phenoxy) is 1. The molecular weight excluding hydrogens is 377 g/mol. The highest BCUT2D eigenvalue weighted by molar-refractivity contribution is 7.09. The average Bonchev–Trinajstić information content (AvgIpc) is 3.19. The Kier molecular flexibility index (Phi) is 5.84. The van der Waals surface area contributed by atoms with E-state index in [0.29, 0.717) is 5.56 Å². The molecule has 5 nitrogen and oxygen atoms in total. The Bertz CT molecular complexity index is 1010. The molecule has 0 fully saturated rings. The Labute approximate surface area is 168 Å². The molecule has 0 radical (unpaired) electrons. The van der Waals surface area contributed by atoms with E-state index >= 15 is 0 Å². The van der Waals surface area contributed by atoms with Gasteiger partial charge in [0.25, 0.3) is 0 Å². The van der Waals surface area contributed by atoms with Crippen LogP contribution in [0.1, 0.15) is 34.9 Å². The lowest BCUT2D eigenvalue weighted by Crippen LogP contribution is -2.30. The highest BCUT2D eigenvalue weighted by Crippen LogP contribution is 2.28. The second-order valence-corrected chi connectivity index (χ2v) is 7.87. The summed E-state index contributed by atoms with van der Waals surface area (Å²) < 4.78 is 20.8. The molecule has 1 aromatic carbocycles. The third kappa shape index (κ3) is 4.09. The van der Waals surface area contributed by atoms with Gasteiger partial charge in [0.2, 0.25) is 5.91 Å². The van der Waals surface area contributed by atoms with E-state index in [9.17, 15) is 9.18 Å². The van der Waals surface area contributed by atoms with Crippen LogP contribution in [0, 0.1) is 26.6 Å².